The third kappa shape index (κ3) is 3.30. The van der Waals surface area contributed by atoms with Crippen LogP contribution in [-0.2, 0) is 0 Å². The maximum Gasteiger partial charge on any atom is 0.248 e. The van der Waals surface area contributed by atoms with E-state index in [1.165, 1.54) is 0 Å². The molecule has 24 heavy (non-hydrogen) atoms. The molecule has 0 unspecified atom stereocenters. The number of hydrogen-bond donors (Lipinski definition) is 2. The topological polar surface area (TPSA) is 77.2 Å². The van der Waals surface area contributed by atoms with Crippen LogP contribution in [-0.4, -0.2) is 17.5 Å². The van der Waals surface area contributed by atoms with Crippen molar-refractivity contribution >= 4 is 28.2 Å². The predicted molar refractivity (Wildman–Crippen MR) is 95.9 cm³/mol. The summed E-state index contributed by atoms with van der Waals surface area (Å²) in [4.78, 5) is 15.7. The van der Waals surface area contributed by atoms with Crippen LogP contribution in [0.25, 0.3) is 10.9 Å². The van der Waals surface area contributed by atoms with E-state index in [2.05, 4.69) is 10.3 Å². The predicted octanol–water partition coefficient (Wildman–Crippen LogP) is 3.78. The number of rotatable bonds is 5. The van der Waals surface area contributed by atoms with Gasteiger partial charge in [-0.3, -0.25) is 9.78 Å². The van der Waals surface area contributed by atoms with E-state index in [0.29, 0.717) is 12.2 Å². The fourth-order valence-electron chi connectivity index (χ4n) is 2.57. The van der Waals surface area contributed by atoms with Gasteiger partial charge in [-0.15, -0.1) is 0 Å². The van der Waals surface area contributed by atoms with Gasteiger partial charge in [-0.2, -0.15) is 0 Å². The number of primary amides is 1. The Morgan fingerprint density at radius 2 is 1.92 bits per heavy atom. The molecular formula is C19H19N3O2. The minimum Gasteiger partial charge on any atom is -0.494 e. The summed E-state index contributed by atoms with van der Waals surface area (Å²) >= 11 is 0. The number of amides is 1. The van der Waals surface area contributed by atoms with Crippen LogP contribution in [0.1, 0.15) is 23.0 Å². The van der Waals surface area contributed by atoms with Gasteiger partial charge in [0.05, 0.1) is 12.1 Å². The van der Waals surface area contributed by atoms with Gasteiger partial charge >= 0.3 is 0 Å². The van der Waals surface area contributed by atoms with Crippen LogP contribution in [0.15, 0.2) is 48.5 Å². The van der Waals surface area contributed by atoms with Gasteiger partial charge in [0.15, 0.2) is 0 Å². The molecule has 0 aliphatic rings. The Hall–Kier alpha value is -3.08. The number of nitrogens with zero attached hydrogens (tertiary/aromatic N) is 1. The van der Waals surface area contributed by atoms with Crippen molar-refractivity contribution in [1.29, 1.82) is 0 Å². The van der Waals surface area contributed by atoms with E-state index < -0.39 is 5.91 Å². The van der Waals surface area contributed by atoms with Crippen molar-refractivity contribution in [3.05, 3.63) is 59.8 Å². The molecule has 0 aliphatic carbocycles. The highest BCUT2D eigenvalue weighted by atomic mass is 16.5. The number of benzene rings is 2. The standard InChI is InChI=1S/C19H19N3O2/c1-3-24-15-8-9-17-16(11-15)18(10-12(2)21-17)22-14-6-4-13(5-7-14)19(20)23/h4-11H,3H2,1-2H3,(H2,20,23)(H,21,22). The van der Waals surface area contributed by atoms with E-state index in [1.54, 1.807) is 12.1 Å². The molecule has 0 radical (unpaired) electrons. The average Bonchev–Trinajstić information content (AvgIpc) is 2.56. The highest BCUT2D eigenvalue weighted by molar-refractivity contribution is 5.95. The normalized spacial score (nSPS) is 10.6. The number of carbonyl (C=O) groups is 1. The third-order valence-electron chi connectivity index (χ3n) is 3.67. The van der Waals surface area contributed by atoms with Gasteiger partial charge in [0.1, 0.15) is 5.75 Å². The summed E-state index contributed by atoms with van der Waals surface area (Å²) in [6, 6.07) is 14.9. The summed E-state index contributed by atoms with van der Waals surface area (Å²) in [5.41, 5.74) is 9.38. The van der Waals surface area contributed by atoms with Crippen molar-refractivity contribution in [2.45, 2.75) is 13.8 Å². The molecule has 3 aromatic rings. The highest BCUT2D eigenvalue weighted by Crippen LogP contribution is 2.29. The molecule has 1 aromatic heterocycles. The van der Waals surface area contributed by atoms with Gasteiger partial charge in [-0.05, 0) is 62.4 Å². The molecule has 0 spiro atoms. The zero-order valence-electron chi connectivity index (χ0n) is 13.7. The molecule has 0 aliphatic heterocycles. The van der Waals surface area contributed by atoms with E-state index >= 15 is 0 Å². The summed E-state index contributed by atoms with van der Waals surface area (Å²) in [5, 5.41) is 4.35. The Kier molecular flexibility index (Phi) is 4.33. The molecule has 3 N–H and O–H groups in total. The van der Waals surface area contributed by atoms with E-state index in [-0.39, 0.29) is 0 Å². The smallest absolute Gasteiger partial charge is 0.248 e. The van der Waals surface area contributed by atoms with Gasteiger partial charge in [-0.1, -0.05) is 0 Å². The van der Waals surface area contributed by atoms with Crippen LogP contribution in [0.5, 0.6) is 5.75 Å². The number of carbonyl (C=O) groups excluding carboxylic acids is 1. The number of fused-ring (bicyclic) bond motifs is 1. The van der Waals surface area contributed by atoms with Crippen molar-refractivity contribution in [1.82, 2.24) is 4.98 Å². The zero-order chi connectivity index (χ0) is 17.1. The number of nitrogens with two attached hydrogens (primary N) is 1. The first-order valence-corrected chi connectivity index (χ1v) is 7.78. The highest BCUT2D eigenvalue weighted by Gasteiger charge is 2.07. The second kappa shape index (κ2) is 6.58. The molecule has 0 bridgehead atoms. The second-order valence-electron chi connectivity index (χ2n) is 5.49. The van der Waals surface area contributed by atoms with Crippen LogP contribution >= 0.6 is 0 Å². The lowest BCUT2D eigenvalue weighted by Crippen LogP contribution is -2.10. The fraction of sp³-hybridized carbons (Fsp3) is 0.158. The van der Waals surface area contributed by atoms with Gasteiger partial charge in [0, 0.05) is 28.0 Å². The van der Waals surface area contributed by atoms with E-state index in [9.17, 15) is 4.79 Å². The average molecular weight is 321 g/mol. The quantitative estimate of drug-likeness (QED) is 0.749. The lowest BCUT2D eigenvalue weighted by atomic mass is 10.1. The lowest BCUT2D eigenvalue weighted by molar-refractivity contribution is 0.100. The Morgan fingerprint density at radius 3 is 2.58 bits per heavy atom. The summed E-state index contributed by atoms with van der Waals surface area (Å²) in [6.45, 7) is 4.52. The van der Waals surface area contributed by atoms with Crippen LogP contribution in [0.2, 0.25) is 0 Å². The van der Waals surface area contributed by atoms with Crippen LogP contribution in [0.4, 0.5) is 11.4 Å². The summed E-state index contributed by atoms with van der Waals surface area (Å²) in [6.07, 6.45) is 0. The van der Waals surface area contributed by atoms with Crippen molar-refractivity contribution in [2.75, 3.05) is 11.9 Å². The molecule has 5 nitrogen and oxygen atoms in total. The summed E-state index contributed by atoms with van der Waals surface area (Å²) in [7, 11) is 0. The van der Waals surface area contributed by atoms with Gasteiger partial charge in [0.25, 0.3) is 0 Å². The van der Waals surface area contributed by atoms with E-state index in [0.717, 1.165) is 33.7 Å². The maximum absolute atomic E-state index is 11.2. The van der Waals surface area contributed by atoms with Crippen molar-refractivity contribution in [3.63, 3.8) is 0 Å². The molecule has 0 atom stereocenters. The first-order chi connectivity index (χ1) is 11.6. The summed E-state index contributed by atoms with van der Waals surface area (Å²) < 4.78 is 5.58. The largest absolute Gasteiger partial charge is 0.494 e. The lowest BCUT2D eigenvalue weighted by Gasteiger charge is -2.12. The maximum atomic E-state index is 11.2. The van der Waals surface area contributed by atoms with Crippen molar-refractivity contribution in [3.8, 4) is 5.75 Å². The van der Waals surface area contributed by atoms with E-state index in [4.69, 9.17) is 10.5 Å². The number of aromatic nitrogens is 1. The Labute approximate surface area is 140 Å². The molecular weight excluding hydrogens is 302 g/mol. The van der Waals surface area contributed by atoms with Gasteiger partial charge < -0.3 is 15.8 Å². The minimum absolute atomic E-state index is 0.437. The zero-order valence-corrected chi connectivity index (χ0v) is 13.7. The SMILES string of the molecule is CCOc1ccc2nc(C)cc(Nc3ccc(C(N)=O)cc3)c2c1. The molecule has 2 aromatic carbocycles. The molecule has 3 rings (SSSR count). The Balaban J connectivity index is 2.00. The number of pyridine rings is 1. The Bertz CT molecular complexity index is 889. The number of anilines is 2. The number of ether oxygens (including phenoxy) is 1. The van der Waals surface area contributed by atoms with Crippen LogP contribution < -0.4 is 15.8 Å². The molecule has 1 heterocycles. The third-order valence-corrected chi connectivity index (χ3v) is 3.67. The van der Waals surface area contributed by atoms with Crippen molar-refractivity contribution < 1.29 is 9.53 Å². The molecule has 5 heteroatoms. The monoisotopic (exact) mass is 321 g/mol. The molecule has 0 saturated heterocycles. The van der Waals surface area contributed by atoms with Crippen LogP contribution in [0.3, 0.4) is 0 Å². The van der Waals surface area contributed by atoms with Crippen LogP contribution in [0, 0.1) is 6.92 Å². The van der Waals surface area contributed by atoms with E-state index in [1.807, 2.05) is 50.2 Å². The number of aryl methyl sites for hydroxylation is 1. The van der Waals surface area contributed by atoms with Gasteiger partial charge in [0.2, 0.25) is 5.91 Å². The Morgan fingerprint density at radius 1 is 1.17 bits per heavy atom. The number of nitrogens with one attached hydrogen (secondary N) is 1. The molecule has 122 valence electrons. The van der Waals surface area contributed by atoms with Crippen molar-refractivity contribution in [2.24, 2.45) is 5.73 Å². The first kappa shape index (κ1) is 15.8. The fourth-order valence-corrected chi connectivity index (χ4v) is 2.57. The van der Waals surface area contributed by atoms with Gasteiger partial charge in [-0.25, -0.2) is 0 Å². The first-order valence-electron chi connectivity index (χ1n) is 7.78. The number of hydrogen-bond acceptors (Lipinski definition) is 4. The second-order valence-corrected chi connectivity index (χ2v) is 5.49. The minimum atomic E-state index is -0.437. The molecule has 1 amide bonds. The summed E-state index contributed by atoms with van der Waals surface area (Å²) in [5.74, 6) is 0.371. The molecule has 0 saturated carbocycles. The molecule has 0 fully saturated rings.